The number of anilines is 1. The summed E-state index contributed by atoms with van der Waals surface area (Å²) < 4.78 is 5.50. The molecular weight excluding hydrogens is 566 g/mol. The minimum absolute atomic E-state index is 0.119. The summed E-state index contributed by atoms with van der Waals surface area (Å²) in [5.74, 6) is -0.759. The Kier molecular flexibility index (Phi) is 10.5. The molecule has 0 radical (unpaired) electrons. The van der Waals surface area contributed by atoms with Crippen molar-refractivity contribution in [3.05, 3.63) is 64.7 Å². The predicted octanol–water partition coefficient (Wildman–Crippen LogP) is 4.62. The van der Waals surface area contributed by atoms with Gasteiger partial charge in [0.2, 0.25) is 5.91 Å². The molecule has 2 aromatic rings. The van der Waals surface area contributed by atoms with E-state index in [2.05, 4.69) is 57.4 Å². The van der Waals surface area contributed by atoms with Gasteiger partial charge in [0.25, 0.3) is 11.8 Å². The molecule has 9 heteroatoms. The molecule has 3 aliphatic rings. The van der Waals surface area contributed by atoms with Crippen LogP contribution in [0.4, 0.5) is 5.69 Å². The molecule has 2 fully saturated rings. The van der Waals surface area contributed by atoms with Gasteiger partial charge in [-0.3, -0.25) is 19.3 Å². The lowest BCUT2D eigenvalue weighted by Gasteiger charge is -2.40. The molecule has 9 nitrogen and oxygen atoms in total. The van der Waals surface area contributed by atoms with Gasteiger partial charge in [-0.15, -0.1) is 0 Å². The van der Waals surface area contributed by atoms with Crippen LogP contribution in [0.5, 0.6) is 0 Å². The average Bonchev–Trinajstić information content (AvgIpc) is 3.02. The molecule has 45 heavy (non-hydrogen) atoms. The first kappa shape index (κ1) is 32.6. The molecule has 3 amide bonds. The van der Waals surface area contributed by atoms with E-state index in [-0.39, 0.29) is 30.3 Å². The van der Waals surface area contributed by atoms with Crippen LogP contribution in [0.25, 0.3) is 11.1 Å². The molecule has 0 bridgehead atoms. The highest BCUT2D eigenvalue weighted by molar-refractivity contribution is 6.06. The summed E-state index contributed by atoms with van der Waals surface area (Å²) in [6, 6.07) is 13.1. The van der Waals surface area contributed by atoms with Gasteiger partial charge in [-0.2, -0.15) is 0 Å². The topological polar surface area (TPSA) is 94.6 Å². The first-order valence-electron chi connectivity index (χ1n) is 16.3. The number of aliphatic imine (C=N–C) groups is 1. The fraction of sp³-hybridized carbons (Fsp3) is 0.500. The molecule has 0 spiro atoms. The quantitative estimate of drug-likeness (QED) is 0.444. The van der Waals surface area contributed by atoms with Gasteiger partial charge < -0.3 is 19.9 Å². The average molecular weight is 614 g/mol. The van der Waals surface area contributed by atoms with Crippen molar-refractivity contribution >= 4 is 29.1 Å². The number of amides is 3. The lowest BCUT2D eigenvalue weighted by atomic mass is 9.93. The summed E-state index contributed by atoms with van der Waals surface area (Å²) >= 11 is 0. The number of rotatable bonds is 9. The van der Waals surface area contributed by atoms with Crippen molar-refractivity contribution < 1.29 is 19.1 Å². The third-order valence-electron chi connectivity index (χ3n) is 9.46. The Bertz CT molecular complexity index is 1470. The molecule has 3 aliphatic heterocycles. The second kappa shape index (κ2) is 14.5. The highest BCUT2D eigenvalue weighted by Gasteiger charge is 2.29. The first-order chi connectivity index (χ1) is 21.6. The second-order valence-electron chi connectivity index (χ2n) is 12.5. The van der Waals surface area contributed by atoms with Crippen molar-refractivity contribution in [1.29, 1.82) is 0 Å². The van der Waals surface area contributed by atoms with Crippen LogP contribution >= 0.6 is 0 Å². The van der Waals surface area contributed by atoms with E-state index < -0.39 is 5.92 Å². The number of carbonyl (C=O) groups is 3. The number of ether oxygens (including phenoxy) is 1. The van der Waals surface area contributed by atoms with Gasteiger partial charge in [-0.25, -0.2) is 4.99 Å². The minimum Gasteiger partial charge on any atom is -0.379 e. The van der Waals surface area contributed by atoms with Crippen molar-refractivity contribution in [2.45, 2.75) is 60.0 Å². The number of hydrogen-bond acceptors (Lipinski definition) is 6. The first-order valence-corrected chi connectivity index (χ1v) is 16.3. The number of hydrogen-bond donors (Lipinski definition) is 1. The Morgan fingerprint density at radius 1 is 1.00 bits per heavy atom. The van der Waals surface area contributed by atoms with Crippen LogP contribution in [0.2, 0.25) is 0 Å². The van der Waals surface area contributed by atoms with Gasteiger partial charge in [0, 0.05) is 75.7 Å². The van der Waals surface area contributed by atoms with E-state index in [0.29, 0.717) is 11.3 Å². The molecule has 2 saturated heterocycles. The van der Waals surface area contributed by atoms with Crippen molar-refractivity contribution in [3.63, 3.8) is 0 Å². The number of nitrogens with one attached hydrogen (secondary N) is 1. The summed E-state index contributed by atoms with van der Waals surface area (Å²) in [6.45, 7) is 16.3. The van der Waals surface area contributed by atoms with Crippen LogP contribution < -0.4 is 10.2 Å². The number of benzene rings is 2. The Balaban J connectivity index is 1.44. The third-order valence-corrected chi connectivity index (χ3v) is 9.46. The van der Waals surface area contributed by atoms with E-state index in [0.717, 1.165) is 93.3 Å². The number of carbonyl (C=O) groups excluding carboxylic acids is 3. The highest BCUT2D eigenvalue weighted by Crippen LogP contribution is 2.34. The molecule has 2 aromatic carbocycles. The van der Waals surface area contributed by atoms with Crippen molar-refractivity contribution in [2.24, 2.45) is 10.9 Å². The SMILES string of the molecule is CCN(c1cc(-c2ccc(CN3CCOCC3)cc2)cc(C(=O)NCC2C(=O)N=C(C)C=C2C)c1C)C1CCN(C(C)=O)CC1. The number of likely N-dealkylation sites (tertiary alicyclic amines) is 1. The lowest BCUT2D eigenvalue weighted by Crippen LogP contribution is -2.46. The van der Waals surface area contributed by atoms with Crippen LogP contribution in [-0.2, 0) is 20.9 Å². The molecule has 1 N–H and O–H groups in total. The van der Waals surface area contributed by atoms with E-state index in [1.807, 2.05) is 37.8 Å². The fourth-order valence-electron chi connectivity index (χ4n) is 6.78. The molecule has 3 heterocycles. The number of nitrogens with zero attached hydrogens (tertiary/aromatic N) is 4. The molecule has 1 atom stereocenters. The summed E-state index contributed by atoms with van der Waals surface area (Å²) in [5.41, 5.74) is 7.41. The Morgan fingerprint density at radius 3 is 2.31 bits per heavy atom. The fourth-order valence-corrected chi connectivity index (χ4v) is 6.78. The number of morpholine rings is 1. The molecule has 240 valence electrons. The maximum absolute atomic E-state index is 13.8. The van der Waals surface area contributed by atoms with E-state index in [1.165, 1.54) is 5.56 Å². The van der Waals surface area contributed by atoms with Crippen LogP contribution in [0.15, 0.2) is 53.0 Å². The van der Waals surface area contributed by atoms with Gasteiger partial charge in [-0.1, -0.05) is 29.8 Å². The largest absolute Gasteiger partial charge is 0.379 e. The Morgan fingerprint density at radius 2 is 1.69 bits per heavy atom. The summed E-state index contributed by atoms with van der Waals surface area (Å²) in [5, 5.41) is 3.05. The number of piperidine rings is 1. The van der Waals surface area contributed by atoms with Gasteiger partial charge in [-0.05, 0) is 81.0 Å². The third kappa shape index (κ3) is 7.71. The predicted molar refractivity (Wildman–Crippen MR) is 179 cm³/mol. The van der Waals surface area contributed by atoms with Gasteiger partial charge >= 0.3 is 0 Å². The minimum atomic E-state index is -0.460. The Hall–Kier alpha value is -3.82. The van der Waals surface area contributed by atoms with Crippen LogP contribution in [0.1, 0.15) is 62.0 Å². The molecule has 0 aliphatic carbocycles. The van der Waals surface area contributed by atoms with Gasteiger partial charge in [0.15, 0.2) is 0 Å². The molecule has 0 aromatic heterocycles. The number of dihydropyridines is 1. The zero-order valence-corrected chi connectivity index (χ0v) is 27.4. The van der Waals surface area contributed by atoms with Crippen molar-refractivity contribution in [1.82, 2.24) is 15.1 Å². The molecule has 5 rings (SSSR count). The lowest BCUT2D eigenvalue weighted by molar-refractivity contribution is -0.129. The highest BCUT2D eigenvalue weighted by atomic mass is 16.5. The van der Waals surface area contributed by atoms with Crippen LogP contribution in [0, 0.1) is 12.8 Å². The summed E-state index contributed by atoms with van der Waals surface area (Å²) in [7, 11) is 0. The van der Waals surface area contributed by atoms with Gasteiger partial charge in [0.05, 0.1) is 19.1 Å². The Labute approximate surface area is 267 Å². The van der Waals surface area contributed by atoms with Crippen LogP contribution in [-0.4, -0.2) is 91.8 Å². The van der Waals surface area contributed by atoms with E-state index in [1.54, 1.807) is 6.92 Å². The molecule has 0 saturated carbocycles. The zero-order valence-electron chi connectivity index (χ0n) is 27.4. The smallest absolute Gasteiger partial charge is 0.254 e. The summed E-state index contributed by atoms with van der Waals surface area (Å²) in [6.07, 6.45) is 3.66. The molecule has 1 unspecified atom stereocenters. The number of allylic oxidation sites excluding steroid dienone is 1. The van der Waals surface area contributed by atoms with E-state index >= 15 is 0 Å². The van der Waals surface area contributed by atoms with Crippen molar-refractivity contribution in [3.8, 4) is 11.1 Å². The maximum atomic E-state index is 13.8. The van der Waals surface area contributed by atoms with Crippen molar-refractivity contribution in [2.75, 3.05) is 57.4 Å². The maximum Gasteiger partial charge on any atom is 0.254 e. The van der Waals surface area contributed by atoms with E-state index in [9.17, 15) is 14.4 Å². The monoisotopic (exact) mass is 613 g/mol. The second-order valence-corrected chi connectivity index (χ2v) is 12.5. The van der Waals surface area contributed by atoms with Crippen LogP contribution in [0.3, 0.4) is 0 Å². The zero-order chi connectivity index (χ0) is 32.1. The van der Waals surface area contributed by atoms with Gasteiger partial charge in [0.1, 0.15) is 0 Å². The normalized spacial score (nSPS) is 19.6. The summed E-state index contributed by atoms with van der Waals surface area (Å²) in [4.78, 5) is 49.3. The van der Waals surface area contributed by atoms with E-state index in [4.69, 9.17) is 4.74 Å². The standard InChI is InChI=1S/C36H47N5O4/c1-6-41(31-11-13-40(14-12-31)27(5)42)34-21-30(29-9-7-28(8-10-29)23-39-15-17-45-18-16-39)20-32(26(34)4)35(43)37-22-33-24(2)19-25(3)38-36(33)44/h7-10,19-21,31,33H,6,11-18,22-23H2,1-5H3,(H,37,43). The molecular formula is C36H47N5O4.